The standard InChI is InChI=1S/C15H9FN2O3/c16-11-4-1-9(2-5-11)14-17-15(21-18-14)10-3-6-12-13(7-10)20-8-19-12/h1-7H,8H2. The summed E-state index contributed by atoms with van der Waals surface area (Å²) in [5.41, 5.74) is 1.42. The Hall–Kier alpha value is -2.89. The fourth-order valence-electron chi connectivity index (χ4n) is 2.09. The normalized spacial score (nSPS) is 12.6. The molecule has 2 aromatic carbocycles. The number of halogens is 1. The molecule has 2 heterocycles. The van der Waals surface area contributed by atoms with Gasteiger partial charge in [0.1, 0.15) is 5.82 Å². The van der Waals surface area contributed by atoms with Crippen LogP contribution >= 0.6 is 0 Å². The van der Waals surface area contributed by atoms with Crippen molar-refractivity contribution in [3.63, 3.8) is 0 Å². The Morgan fingerprint density at radius 1 is 0.905 bits per heavy atom. The molecule has 0 atom stereocenters. The van der Waals surface area contributed by atoms with Gasteiger partial charge < -0.3 is 14.0 Å². The molecule has 1 aliphatic heterocycles. The predicted octanol–water partition coefficient (Wildman–Crippen LogP) is 3.27. The van der Waals surface area contributed by atoms with Crippen molar-refractivity contribution in [3.05, 3.63) is 48.3 Å². The number of hydrogen-bond donors (Lipinski definition) is 0. The highest BCUT2D eigenvalue weighted by Gasteiger charge is 2.17. The van der Waals surface area contributed by atoms with Crippen LogP contribution in [0.2, 0.25) is 0 Å². The van der Waals surface area contributed by atoms with E-state index < -0.39 is 0 Å². The minimum Gasteiger partial charge on any atom is -0.454 e. The van der Waals surface area contributed by atoms with Gasteiger partial charge >= 0.3 is 0 Å². The first kappa shape index (κ1) is 11.9. The van der Waals surface area contributed by atoms with Crippen LogP contribution < -0.4 is 9.47 Å². The van der Waals surface area contributed by atoms with Crippen molar-refractivity contribution in [2.45, 2.75) is 0 Å². The Morgan fingerprint density at radius 3 is 2.52 bits per heavy atom. The lowest BCUT2D eigenvalue weighted by Gasteiger charge is -1.97. The summed E-state index contributed by atoms with van der Waals surface area (Å²) in [5.74, 6) is 1.81. The molecular weight excluding hydrogens is 275 g/mol. The van der Waals surface area contributed by atoms with Crippen molar-refractivity contribution in [1.82, 2.24) is 10.1 Å². The Balaban J connectivity index is 1.69. The van der Waals surface area contributed by atoms with Crippen molar-refractivity contribution in [3.8, 4) is 34.3 Å². The first-order chi connectivity index (χ1) is 10.3. The molecule has 0 saturated carbocycles. The summed E-state index contributed by atoms with van der Waals surface area (Å²) in [4.78, 5) is 4.31. The summed E-state index contributed by atoms with van der Waals surface area (Å²) >= 11 is 0. The molecule has 0 saturated heterocycles. The average molecular weight is 284 g/mol. The first-order valence-corrected chi connectivity index (χ1v) is 6.29. The van der Waals surface area contributed by atoms with Crippen LogP contribution in [0.1, 0.15) is 0 Å². The van der Waals surface area contributed by atoms with Gasteiger partial charge in [0, 0.05) is 11.1 Å². The summed E-state index contributed by atoms with van der Waals surface area (Å²) in [6.45, 7) is 0.212. The van der Waals surface area contributed by atoms with E-state index in [0.717, 1.165) is 5.56 Å². The fraction of sp³-hybridized carbons (Fsp3) is 0.0667. The van der Waals surface area contributed by atoms with Crippen molar-refractivity contribution < 1.29 is 18.4 Å². The Bertz CT molecular complexity index is 799. The molecule has 104 valence electrons. The van der Waals surface area contributed by atoms with Crippen LogP contribution in [0.15, 0.2) is 47.0 Å². The maximum absolute atomic E-state index is 12.9. The van der Waals surface area contributed by atoms with E-state index >= 15 is 0 Å². The summed E-state index contributed by atoms with van der Waals surface area (Å²) in [6, 6.07) is 11.3. The molecule has 4 rings (SSSR count). The van der Waals surface area contributed by atoms with Gasteiger partial charge in [-0.05, 0) is 42.5 Å². The zero-order chi connectivity index (χ0) is 14.2. The van der Waals surface area contributed by atoms with Crippen molar-refractivity contribution in [2.24, 2.45) is 0 Å². The van der Waals surface area contributed by atoms with Crippen LogP contribution in [0.3, 0.4) is 0 Å². The number of rotatable bonds is 2. The number of aromatic nitrogens is 2. The third kappa shape index (κ3) is 2.10. The van der Waals surface area contributed by atoms with E-state index in [1.807, 2.05) is 6.07 Å². The first-order valence-electron chi connectivity index (χ1n) is 6.29. The third-order valence-corrected chi connectivity index (χ3v) is 3.15. The van der Waals surface area contributed by atoms with Gasteiger partial charge in [0.25, 0.3) is 5.89 Å². The van der Waals surface area contributed by atoms with E-state index in [-0.39, 0.29) is 12.6 Å². The van der Waals surface area contributed by atoms with Gasteiger partial charge in [-0.2, -0.15) is 4.98 Å². The maximum atomic E-state index is 12.9. The van der Waals surface area contributed by atoms with Crippen molar-refractivity contribution in [1.29, 1.82) is 0 Å². The van der Waals surface area contributed by atoms with E-state index in [1.165, 1.54) is 12.1 Å². The molecule has 6 heteroatoms. The SMILES string of the molecule is Fc1ccc(-c2noc(-c3ccc4c(c3)OCO4)n2)cc1. The lowest BCUT2D eigenvalue weighted by atomic mass is 10.2. The predicted molar refractivity (Wildman–Crippen MR) is 71.3 cm³/mol. The summed E-state index contributed by atoms with van der Waals surface area (Å²) in [5, 5.41) is 3.91. The van der Waals surface area contributed by atoms with Gasteiger partial charge in [0.2, 0.25) is 12.6 Å². The Kier molecular flexibility index (Phi) is 2.60. The minimum atomic E-state index is -0.307. The molecule has 21 heavy (non-hydrogen) atoms. The molecule has 0 unspecified atom stereocenters. The molecule has 0 fully saturated rings. The van der Waals surface area contributed by atoms with Gasteiger partial charge in [-0.25, -0.2) is 4.39 Å². The van der Waals surface area contributed by atoms with E-state index in [4.69, 9.17) is 14.0 Å². The second-order valence-corrected chi connectivity index (χ2v) is 4.50. The fourth-order valence-corrected chi connectivity index (χ4v) is 2.09. The molecule has 3 aromatic rings. The largest absolute Gasteiger partial charge is 0.454 e. The Morgan fingerprint density at radius 2 is 1.67 bits per heavy atom. The summed E-state index contributed by atoms with van der Waals surface area (Å²) in [7, 11) is 0. The van der Waals surface area contributed by atoms with Crippen LogP contribution in [0.5, 0.6) is 11.5 Å². The lowest BCUT2D eigenvalue weighted by molar-refractivity contribution is 0.174. The van der Waals surface area contributed by atoms with Gasteiger partial charge in [0.05, 0.1) is 0 Å². The van der Waals surface area contributed by atoms with Crippen LogP contribution in [0, 0.1) is 5.82 Å². The second-order valence-electron chi connectivity index (χ2n) is 4.50. The molecule has 0 radical (unpaired) electrons. The van der Waals surface area contributed by atoms with E-state index in [0.29, 0.717) is 28.8 Å². The average Bonchev–Trinajstić information content (AvgIpc) is 3.16. The molecule has 0 N–H and O–H groups in total. The number of fused-ring (bicyclic) bond motifs is 1. The molecule has 0 spiro atoms. The van der Waals surface area contributed by atoms with E-state index in [1.54, 1.807) is 24.3 Å². The molecule has 5 nitrogen and oxygen atoms in total. The molecule has 0 bridgehead atoms. The van der Waals surface area contributed by atoms with Crippen LogP contribution in [0.25, 0.3) is 22.8 Å². The van der Waals surface area contributed by atoms with Crippen LogP contribution in [-0.2, 0) is 0 Å². The highest BCUT2D eigenvalue weighted by molar-refractivity contribution is 5.63. The molecular formula is C15H9FN2O3. The maximum Gasteiger partial charge on any atom is 0.258 e. The van der Waals surface area contributed by atoms with E-state index in [9.17, 15) is 4.39 Å². The quantitative estimate of drug-likeness (QED) is 0.722. The lowest BCUT2D eigenvalue weighted by Crippen LogP contribution is -1.92. The molecule has 1 aromatic heterocycles. The molecule has 0 amide bonds. The topological polar surface area (TPSA) is 57.4 Å². The number of benzene rings is 2. The number of ether oxygens (including phenoxy) is 2. The molecule has 0 aliphatic carbocycles. The van der Waals surface area contributed by atoms with E-state index in [2.05, 4.69) is 10.1 Å². The van der Waals surface area contributed by atoms with Gasteiger partial charge in [-0.3, -0.25) is 0 Å². The molecule has 1 aliphatic rings. The van der Waals surface area contributed by atoms with Crippen LogP contribution in [0.4, 0.5) is 4.39 Å². The van der Waals surface area contributed by atoms with Gasteiger partial charge in [0.15, 0.2) is 11.5 Å². The number of hydrogen-bond acceptors (Lipinski definition) is 5. The monoisotopic (exact) mass is 284 g/mol. The van der Waals surface area contributed by atoms with Crippen LogP contribution in [-0.4, -0.2) is 16.9 Å². The number of nitrogens with zero attached hydrogens (tertiary/aromatic N) is 2. The van der Waals surface area contributed by atoms with Gasteiger partial charge in [-0.1, -0.05) is 5.16 Å². The highest BCUT2D eigenvalue weighted by Crippen LogP contribution is 2.35. The second kappa shape index (κ2) is 4.59. The summed E-state index contributed by atoms with van der Waals surface area (Å²) in [6.07, 6.45) is 0. The van der Waals surface area contributed by atoms with Crippen molar-refractivity contribution >= 4 is 0 Å². The minimum absolute atomic E-state index is 0.212. The smallest absolute Gasteiger partial charge is 0.258 e. The Labute approximate surface area is 118 Å². The zero-order valence-corrected chi connectivity index (χ0v) is 10.7. The van der Waals surface area contributed by atoms with Crippen molar-refractivity contribution in [2.75, 3.05) is 6.79 Å². The highest BCUT2D eigenvalue weighted by atomic mass is 19.1. The summed E-state index contributed by atoms with van der Waals surface area (Å²) < 4.78 is 28.7. The zero-order valence-electron chi connectivity index (χ0n) is 10.7. The van der Waals surface area contributed by atoms with Gasteiger partial charge in [-0.15, -0.1) is 0 Å². The third-order valence-electron chi connectivity index (χ3n) is 3.15.